The van der Waals surface area contributed by atoms with Crippen LogP contribution in [0.4, 0.5) is 4.39 Å². The first-order valence-electron chi connectivity index (χ1n) is 3.98. The predicted molar refractivity (Wildman–Crippen MR) is 50.0 cm³/mol. The summed E-state index contributed by atoms with van der Waals surface area (Å²) in [6.45, 7) is 0.370. The second-order valence-corrected chi connectivity index (χ2v) is 3.17. The van der Waals surface area contributed by atoms with Crippen LogP contribution in [-0.4, -0.2) is 11.7 Å². The Morgan fingerprint density at radius 2 is 2.23 bits per heavy atom. The summed E-state index contributed by atoms with van der Waals surface area (Å²) in [5.41, 5.74) is 5.79. The van der Waals surface area contributed by atoms with Crippen molar-refractivity contribution in [1.82, 2.24) is 0 Å². The molecule has 0 saturated carbocycles. The minimum absolute atomic E-state index is 0.237. The van der Waals surface area contributed by atoms with Crippen LogP contribution in [-0.2, 0) is 0 Å². The average molecular weight is 204 g/mol. The molecule has 4 heteroatoms. The molecule has 0 aliphatic rings. The van der Waals surface area contributed by atoms with Crippen LogP contribution >= 0.6 is 11.6 Å². The highest BCUT2D eigenvalue weighted by molar-refractivity contribution is 6.31. The van der Waals surface area contributed by atoms with Gasteiger partial charge in [0, 0.05) is 5.02 Å². The van der Waals surface area contributed by atoms with E-state index < -0.39 is 11.9 Å². The molecule has 1 aromatic carbocycles. The maximum Gasteiger partial charge on any atom is 0.124 e. The van der Waals surface area contributed by atoms with E-state index in [2.05, 4.69) is 0 Å². The molecule has 0 heterocycles. The van der Waals surface area contributed by atoms with Gasteiger partial charge in [-0.3, -0.25) is 0 Å². The molecular weight excluding hydrogens is 193 g/mol. The number of hydrogen-bond donors (Lipinski definition) is 2. The van der Waals surface area contributed by atoms with Crippen LogP contribution in [0.5, 0.6) is 0 Å². The molecule has 0 aliphatic carbocycles. The van der Waals surface area contributed by atoms with Crippen LogP contribution in [0.25, 0.3) is 0 Å². The van der Waals surface area contributed by atoms with Gasteiger partial charge in [-0.1, -0.05) is 17.7 Å². The molecule has 1 aromatic rings. The molecular formula is C9H11ClFNO. The van der Waals surface area contributed by atoms with E-state index in [9.17, 15) is 9.50 Å². The zero-order chi connectivity index (χ0) is 9.84. The van der Waals surface area contributed by atoms with Gasteiger partial charge in [-0.05, 0) is 30.7 Å². The van der Waals surface area contributed by atoms with Gasteiger partial charge < -0.3 is 10.8 Å². The SMILES string of the molecule is NCCC(O)c1ccc(F)cc1Cl. The molecule has 1 atom stereocenters. The summed E-state index contributed by atoms with van der Waals surface area (Å²) in [6, 6.07) is 3.91. The first-order valence-corrected chi connectivity index (χ1v) is 4.36. The highest BCUT2D eigenvalue weighted by atomic mass is 35.5. The van der Waals surface area contributed by atoms with Gasteiger partial charge in [0.1, 0.15) is 5.82 Å². The van der Waals surface area contributed by atoms with Crippen LogP contribution in [0.2, 0.25) is 5.02 Å². The van der Waals surface area contributed by atoms with Gasteiger partial charge >= 0.3 is 0 Å². The van der Waals surface area contributed by atoms with Crippen LogP contribution in [0, 0.1) is 5.82 Å². The van der Waals surface area contributed by atoms with Crippen molar-refractivity contribution in [2.24, 2.45) is 5.73 Å². The summed E-state index contributed by atoms with van der Waals surface area (Å²) in [5, 5.41) is 9.74. The predicted octanol–water partition coefficient (Wildman–Crippen LogP) is 1.86. The second-order valence-electron chi connectivity index (χ2n) is 2.76. The molecule has 1 rings (SSSR count). The Labute approximate surface area is 81.1 Å². The summed E-state index contributed by atoms with van der Waals surface area (Å²) >= 11 is 5.72. The lowest BCUT2D eigenvalue weighted by molar-refractivity contribution is 0.170. The van der Waals surface area contributed by atoms with E-state index in [0.717, 1.165) is 0 Å². The zero-order valence-electron chi connectivity index (χ0n) is 7.00. The van der Waals surface area contributed by atoms with E-state index in [0.29, 0.717) is 18.5 Å². The quantitative estimate of drug-likeness (QED) is 0.788. The average Bonchev–Trinajstić information content (AvgIpc) is 2.04. The molecule has 1 unspecified atom stereocenters. The largest absolute Gasteiger partial charge is 0.388 e. The van der Waals surface area contributed by atoms with Crippen molar-refractivity contribution in [1.29, 1.82) is 0 Å². The van der Waals surface area contributed by atoms with Crippen molar-refractivity contribution in [3.05, 3.63) is 34.6 Å². The first-order chi connectivity index (χ1) is 6.15. The van der Waals surface area contributed by atoms with Gasteiger partial charge in [0.2, 0.25) is 0 Å². The molecule has 3 N–H and O–H groups in total. The minimum atomic E-state index is -0.710. The highest BCUT2D eigenvalue weighted by Gasteiger charge is 2.10. The number of aliphatic hydroxyl groups excluding tert-OH is 1. The summed E-state index contributed by atoms with van der Waals surface area (Å²) in [4.78, 5) is 0. The van der Waals surface area contributed by atoms with Crippen molar-refractivity contribution < 1.29 is 9.50 Å². The number of aliphatic hydroxyl groups is 1. The van der Waals surface area contributed by atoms with Crippen molar-refractivity contribution in [2.75, 3.05) is 6.54 Å². The Kier molecular flexibility index (Phi) is 3.66. The van der Waals surface area contributed by atoms with Gasteiger partial charge in [0.15, 0.2) is 0 Å². The molecule has 2 nitrogen and oxygen atoms in total. The Bertz CT molecular complexity index is 293. The number of halogens is 2. The maximum atomic E-state index is 12.6. The summed E-state index contributed by atoms with van der Waals surface area (Å²) < 4.78 is 12.6. The van der Waals surface area contributed by atoms with E-state index in [1.807, 2.05) is 0 Å². The standard InChI is InChI=1S/C9H11ClFNO/c10-8-5-6(11)1-2-7(8)9(13)3-4-12/h1-2,5,9,13H,3-4,12H2. The first kappa shape index (κ1) is 10.4. The summed E-state index contributed by atoms with van der Waals surface area (Å²) in [5.74, 6) is -0.409. The fraction of sp³-hybridized carbons (Fsp3) is 0.333. The van der Waals surface area contributed by atoms with E-state index >= 15 is 0 Å². The Morgan fingerprint density at radius 3 is 2.77 bits per heavy atom. The number of hydrogen-bond acceptors (Lipinski definition) is 2. The summed E-state index contributed by atoms with van der Waals surface area (Å²) in [7, 11) is 0. The third kappa shape index (κ3) is 2.66. The molecule has 0 radical (unpaired) electrons. The van der Waals surface area contributed by atoms with E-state index in [1.54, 1.807) is 0 Å². The fourth-order valence-electron chi connectivity index (χ4n) is 1.09. The molecule has 0 aliphatic heterocycles. The minimum Gasteiger partial charge on any atom is -0.388 e. The lowest BCUT2D eigenvalue weighted by atomic mass is 10.1. The van der Waals surface area contributed by atoms with Crippen molar-refractivity contribution in [2.45, 2.75) is 12.5 Å². The number of rotatable bonds is 3. The lowest BCUT2D eigenvalue weighted by Gasteiger charge is -2.10. The highest BCUT2D eigenvalue weighted by Crippen LogP contribution is 2.25. The number of benzene rings is 1. The van der Waals surface area contributed by atoms with E-state index in [4.69, 9.17) is 17.3 Å². The van der Waals surface area contributed by atoms with Gasteiger partial charge in [0.05, 0.1) is 6.10 Å². The van der Waals surface area contributed by atoms with Crippen LogP contribution in [0.15, 0.2) is 18.2 Å². The monoisotopic (exact) mass is 203 g/mol. The van der Waals surface area contributed by atoms with Crippen molar-refractivity contribution in [3.8, 4) is 0 Å². The van der Waals surface area contributed by atoms with Gasteiger partial charge in [-0.15, -0.1) is 0 Å². The van der Waals surface area contributed by atoms with Gasteiger partial charge in [-0.25, -0.2) is 4.39 Å². The third-order valence-electron chi connectivity index (χ3n) is 1.76. The molecule has 0 spiro atoms. The molecule has 0 aromatic heterocycles. The zero-order valence-corrected chi connectivity index (χ0v) is 7.76. The fourth-order valence-corrected chi connectivity index (χ4v) is 1.38. The Hall–Kier alpha value is -0.640. The molecule has 0 amide bonds. The van der Waals surface area contributed by atoms with Gasteiger partial charge in [0.25, 0.3) is 0 Å². The Morgan fingerprint density at radius 1 is 1.54 bits per heavy atom. The molecule has 13 heavy (non-hydrogen) atoms. The topological polar surface area (TPSA) is 46.2 Å². The number of nitrogens with two attached hydrogens (primary N) is 1. The molecule has 72 valence electrons. The molecule has 0 saturated heterocycles. The van der Waals surface area contributed by atoms with Gasteiger partial charge in [-0.2, -0.15) is 0 Å². The molecule has 0 fully saturated rings. The van der Waals surface area contributed by atoms with Crippen LogP contribution in [0.3, 0.4) is 0 Å². The van der Waals surface area contributed by atoms with Crippen LogP contribution in [0.1, 0.15) is 18.1 Å². The van der Waals surface area contributed by atoms with Crippen molar-refractivity contribution in [3.63, 3.8) is 0 Å². The molecule has 0 bridgehead atoms. The maximum absolute atomic E-state index is 12.6. The van der Waals surface area contributed by atoms with Crippen LogP contribution < -0.4 is 5.73 Å². The Balaban J connectivity index is 2.88. The smallest absolute Gasteiger partial charge is 0.124 e. The lowest BCUT2D eigenvalue weighted by Crippen LogP contribution is -2.07. The summed E-state index contributed by atoms with van der Waals surface area (Å²) in [6.07, 6.45) is -0.288. The van der Waals surface area contributed by atoms with E-state index in [-0.39, 0.29) is 5.02 Å². The van der Waals surface area contributed by atoms with E-state index in [1.165, 1.54) is 18.2 Å². The third-order valence-corrected chi connectivity index (χ3v) is 2.09. The normalized spacial score (nSPS) is 12.9. The van der Waals surface area contributed by atoms with Crippen molar-refractivity contribution >= 4 is 11.6 Å². The second kappa shape index (κ2) is 4.56.